The van der Waals surface area contributed by atoms with Gasteiger partial charge in [0.05, 0.1) is 38.5 Å². The largest absolute Gasteiger partial charge is 0.349 e. The second kappa shape index (κ2) is 10.0. The third-order valence-electron chi connectivity index (χ3n) is 8.13. The Hall–Kier alpha value is -3.91. The fourth-order valence-electron chi connectivity index (χ4n) is 5.83. The van der Waals surface area contributed by atoms with Crippen molar-refractivity contribution in [3.63, 3.8) is 0 Å². The number of nitrogens with one attached hydrogen (secondary N) is 1. The summed E-state index contributed by atoms with van der Waals surface area (Å²) in [5.41, 5.74) is 5.81. The number of pyridine rings is 1. The van der Waals surface area contributed by atoms with Crippen LogP contribution in [0.4, 0.5) is 0 Å². The first-order valence-electron chi connectivity index (χ1n) is 13.4. The topological polar surface area (TPSA) is 86.7 Å². The van der Waals surface area contributed by atoms with Crippen molar-refractivity contribution in [2.45, 2.75) is 52.1 Å². The Balaban J connectivity index is 1.22. The average Bonchev–Trinajstić information content (AvgIpc) is 3.38. The summed E-state index contributed by atoms with van der Waals surface area (Å²) < 4.78 is 5.60. The highest BCUT2D eigenvalue weighted by Gasteiger charge is 2.26. The number of halogens is 1. The molecular formula is C30H31ClN6O2. The van der Waals surface area contributed by atoms with Gasteiger partial charge in [-0.3, -0.25) is 23.6 Å². The molecule has 8 nitrogen and oxygen atoms in total. The van der Waals surface area contributed by atoms with Crippen LogP contribution in [0.3, 0.4) is 0 Å². The Bertz CT molecular complexity index is 1770. The molecule has 5 aromatic rings. The Morgan fingerprint density at radius 3 is 2.56 bits per heavy atom. The monoisotopic (exact) mass is 542 g/mol. The SMILES string of the molecule is Cc1ncc(Cl)cc1C(=O)N[C@H]1CC[C@H](Cn2c(=O)n(-c3ccc4nn(C)c(C)c4c3)c3ccccc32)CC1. The molecule has 1 N–H and O–H groups in total. The van der Waals surface area contributed by atoms with E-state index < -0.39 is 0 Å². The van der Waals surface area contributed by atoms with Gasteiger partial charge in [0.15, 0.2) is 0 Å². The Morgan fingerprint density at radius 2 is 1.79 bits per heavy atom. The van der Waals surface area contributed by atoms with Crippen molar-refractivity contribution in [1.82, 2.24) is 29.2 Å². The molecule has 6 rings (SSSR count). The lowest BCUT2D eigenvalue weighted by molar-refractivity contribution is 0.0919. The van der Waals surface area contributed by atoms with Gasteiger partial charge in [0.25, 0.3) is 5.91 Å². The van der Waals surface area contributed by atoms with E-state index in [1.165, 1.54) is 0 Å². The molecule has 0 saturated heterocycles. The number of nitrogens with zero attached hydrogens (tertiary/aromatic N) is 5. The van der Waals surface area contributed by atoms with Crippen LogP contribution < -0.4 is 11.0 Å². The molecule has 0 aliphatic heterocycles. The number of para-hydroxylation sites is 2. The number of rotatable bonds is 5. The minimum Gasteiger partial charge on any atom is -0.349 e. The van der Waals surface area contributed by atoms with E-state index in [1.807, 2.05) is 71.1 Å². The first-order valence-corrected chi connectivity index (χ1v) is 13.7. The number of imidazole rings is 1. The smallest absolute Gasteiger partial charge is 0.333 e. The zero-order valence-corrected chi connectivity index (χ0v) is 23.1. The molecule has 1 amide bonds. The Kier molecular flexibility index (Phi) is 6.51. The molecule has 200 valence electrons. The van der Waals surface area contributed by atoms with Crippen LogP contribution in [-0.2, 0) is 13.6 Å². The zero-order chi connectivity index (χ0) is 27.3. The number of carbonyl (C=O) groups is 1. The van der Waals surface area contributed by atoms with Crippen LogP contribution >= 0.6 is 11.6 Å². The quantitative estimate of drug-likeness (QED) is 0.325. The summed E-state index contributed by atoms with van der Waals surface area (Å²) in [5.74, 6) is 0.221. The van der Waals surface area contributed by atoms with Crippen LogP contribution in [-0.4, -0.2) is 35.8 Å². The third kappa shape index (κ3) is 4.63. The van der Waals surface area contributed by atoms with Gasteiger partial charge >= 0.3 is 5.69 Å². The highest BCUT2D eigenvalue weighted by atomic mass is 35.5. The number of aromatic nitrogens is 5. The molecule has 0 unspecified atom stereocenters. The summed E-state index contributed by atoms with van der Waals surface area (Å²) in [6, 6.07) is 15.8. The molecule has 0 radical (unpaired) electrons. The molecule has 0 atom stereocenters. The van der Waals surface area contributed by atoms with Gasteiger partial charge in [0.1, 0.15) is 0 Å². The first kappa shape index (κ1) is 25.4. The van der Waals surface area contributed by atoms with Crippen LogP contribution in [0, 0.1) is 19.8 Å². The fourth-order valence-corrected chi connectivity index (χ4v) is 5.99. The molecule has 2 aromatic carbocycles. The maximum absolute atomic E-state index is 13.8. The maximum Gasteiger partial charge on any atom is 0.333 e. The predicted molar refractivity (Wildman–Crippen MR) is 154 cm³/mol. The number of aryl methyl sites for hydroxylation is 3. The van der Waals surface area contributed by atoms with E-state index in [9.17, 15) is 9.59 Å². The summed E-state index contributed by atoms with van der Waals surface area (Å²) in [6.45, 7) is 4.50. The lowest BCUT2D eigenvalue weighted by Crippen LogP contribution is -2.39. The molecular weight excluding hydrogens is 512 g/mol. The van der Waals surface area contributed by atoms with E-state index in [1.54, 1.807) is 12.3 Å². The van der Waals surface area contributed by atoms with Crippen molar-refractivity contribution in [2.24, 2.45) is 13.0 Å². The zero-order valence-electron chi connectivity index (χ0n) is 22.3. The minimum absolute atomic E-state index is 0.0311. The van der Waals surface area contributed by atoms with Crippen molar-refractivity contribution >= 4 is 39.4 Å². The molecule has 3 aromatic heterocycles. The number of fused-ring (bicyclic) bond motifs is 2. The Labute approximate surface area is 231 Å². The van der Waals surface area contributed by atoms with Crippen LogP contribution in [0.1, 0.15) is 47.4 Å². The Morgan fingerprint density at radius 1 is 1.05 bits per heavy atom. The second-order valence-electron chi connectivity index (χ2n) is 10.6. The van der Waals surface area contributed by atoms with Gasteiger partial charge in [0, 0.05) is 36.9 Å². The van der Waals surface area contributed by atoms with E-state index in [-0.39, 0.29) is 17.6 Å². The van der Waals surface area contributed by atoms with E-state index in [0.717, 1.165) is 59.0 Å². The number of hydrogen-bond donors (Lipinski definition) is 1. The average molecular weight is 543 g/mol. The van der Waals surface area contributed by atoms with E-state index in [0.29, 0.717) is 28.7 Å². The summed E-state index contributed by atoms with van der Waals surface area (Å²) >= 11 is 6.05. The molecule has 39 heavy (non-hydrogen) atoms. The normalized spacial score (nSPS) is 17.6. The van der Waals surface area contributed by atoms with Crippen LogP contribution in [0.15, 0.2) is 59.5 Å². The van der Waals surface area contributed by atoms with Gasteiger partial charge in [0.2, 0.25) is 0 Å². The van der Waals surface area contributed by atoms with Crippen LogP contribution in [0.5, 0.6) is 0 Å². The number of amides is 1. The lowest BCUT2D eigenvalue weighted by Gasteiger charge is -2.29. The highest BCUT2D eigenvalue weighted by Crippen LogP contribution is 2.28. The van der Waals surface area contributed by atoms with Gasteiger partial charge in [-0.05, 0) is 81.8 Å². The molecule has 1 saturated carbocycles. The number of carbonyl (C=O) groups excluding carboxylic acids is 1. The van der Waals surface area contributed by atoms with E-state index in [2.05, 4.69) is 21.5 Å². The fraction of sp³-hybridized carbons (Fsp3) is 0.333. The molecule has 3 heterocycles. The van der Waals surface area contributed by atoms with Crippen LogP contribution in [0.2, 0.25) is 5.02 Å². The first-order chi connectivity index (χ1) is 18.8. The molecule has 0 bridgehead atoms. The number of hydrogen-bond acceptors (Lipinski definition) is 4. The summed E-state index contributed by atoms with van der Waals surface area (Å²) in [5, 5.41) is 9.21. The number of benzene rings is 2. The lowest BCUT2D eigenvalue weighted by atomic mass is 9.85. The van der Waals surface area contributed by atoms with E-state index in [4.69, 9.17) is 11.6 Å². The van der Waals surface area contributed by atoms with Crippen molar-refractivity contribution in [1.29, 1.82) is 0 Å². The van der Waals surface area contributed by atoms with Crippen molar-refractivity contribution in [2.75, 3.05) is 0 Å². The van der Waals surface area contributed by atoms with Crippen molar-refractivity contribution < 1.29 is 4.79 Å². The van der Waals surface area contributed by atoms with Crippen molar-refractivity contribution in [3.8, 4) is 5.69 Å². The minimum atomic E-state index is -0.133. The standard InChI is InChI=1S/C30H31ClN6O2/c1-18-24(14-21(31)16-32-18)29(38)33-22-10-8-20(9-11-22)17-36-27-6-4-5-7-28(27)37(30(36)39)23-12-13-26-25(15-23)19(2)35(3)34-26/h4-7,12-16,20,22H,8-11,17H2,1-3H3,(H,33,38)/t20-,22-. The van der Waals surface area contributed by atoms with Gasteiger partial charge in [-0.2, -0.15) is 5.10 Å². The molecule has 0 spiro atoms. The summed E-state index contributed by atoms with van der Waals surface area (Å²) in [6.07, 6.45) is 5.16. The van der Waals surface area contributed by atoms with E-state index >= 15 is 0 Å². The second-order valence-corrected chi connectivity index (χ2v) is 11.0. The highest BCUT2D eigenvalue weighted by molar-refractivity contribution is 6.30. The van der Waals surface area contributed by atoms with Crippen LogP contribution in [0.25, 0.3) is 27.6 Å². The predicted octanol–water partition coefficient (Wildman–Crippen LogP) is 5.33. The summed E-state index contributed by atoms with van der Waals surface area (Å²) in [4.78, 5) is 30.9. The van der Waals surface area contributed by atoms with Gasteiger partial charge in [-0.15, -0.1) is 0 Å². The maximum atomic E-state index is 13.8. The summed E-state index contributed by atoms with van der Waals surface area (Å²) in [7, 11) is 1.93. The molecule has 1 aliphatic carbocycles. The van der Waals surface area contributed by atoms with Gasteiger partial charge in [-0.25, -0.2) is 4.79 Å². The molecule has 9 heteroatoms. The molecule has 1 fully saturated rings. The molecule has 1 aliphatic rings. The third-order valence-corrected chi connectivity index (χ3v) is 8.33. The van der Waals surface area contributed by atoms with Gasteiger partial charge < -0.3 is 5.32 Å². The van der Waals surface area contributed by atoms with Gasteiger partial charge in [-0.1, -0.05) is 23.7 Å². The van der Waals surface area contributed by atoms with Crippen molar-refractivity contribution in [3.05, 3.63) is 87.2 Å².